The van der Waals surface area contributed by atoms with Crippen LogP contribution in [-0.4, -0.2) is 20.1 Å². The third-order valence-corrected chi connectivity index (χ3v) is 13.7. The summed E-state index contributed by atoms with van der Waals surface area (Å²) in [6, 6.07) is 31.9. The van der Waals surface area contributed by atoms with Crippen LogP contribution in [0.5, 0.6) is 0 Å². The molecule has 5 heteroatoms. The van der Waals surface area contributed by atoms with Crippen LogP contribution in [0, 0.1) is 0 Å². The standard InChI is InChI=1S/C40H36NSi.2ClH.Zr/c1-25-23-29-19-20-36(42(3)4)40(39(29)37(25)31-15-9-13-27-11-5-7-14-30(27)31)38-26(2)24-33-32(38)16-10-18-35(33)41-22-21-28-12-6-8-17-34(28)41;;;/h5-19,23-24,38H,20-22H2,1-4H3;2*1H;/q;;;+2/p-2. The minimum absolute atomic E-state index is 0. The first-order valence-electron chi connectivity index (χ1n) is 15.6. The van der Waals surface area contributed by atoms with Crippen molar-refractivity contribution in [2.75, 3.05) is 11.4 Å². The summed E-state index contributed by atoms with van der Waals surface area (Å²) in [5.41, 5.74) is 17.9. The van der Waals surface area contributed by atoms with Crippen molar-refractivity contribution in [2.45, 2.75) is 49.3 Å². The maximum absolute atomic E-state index is 2.61. The Balaban J connectivity index is 0.00000179. The van der Waals surface area contributed by atoms with E-state index in [1.165, 1.54) is 55.5 Å². The number of hydrogen-bond acceptors (Lipinski definition) is 1. The fourth-order valence-electron chi connectivity index (χ4n) is 8.17. The van der Waals surface area contributed by atoms with Gasteiger partial charge in [0.25, 0.3) is 0 Å². The third-order valence-electron chi connectivity index (χ3n) is 10.2. The van der Waals surface area contributed by atoms with Gasteiger partial charge in [-0.2, -0.15) is 0 Å². The average Bonchev–Trinajstić information content (AvgIpc) is 3.67. The largest absolute Gasteiger partial charge is 1.00 e. The van der Waals surface area contributed by atoms with Gasteiger partial charge in [-0.3, -0.25) is 0 Å². The molecule has 0 amide bonds. The van der Waals surface area contributed by atoms with E-state index >= 15 is 0 Å². The smallest absolute Gasteiger partial charge is 1.00 e. The second-order valence-electron chi connectivity index (χ2n) is 12.8. The SMILES string of the molecule is CC1=Cc2c(cccc2N2CCc3ccccc32)C1C1=C2C(=CCC1=[Si](C)C)[CH]([Zr+2])C(C)=C2c1cccc2ccccc12.[Cl-].[Cl-]. The van der Waals surface area contributed by atoms with Crippen molar-refractivity contribution in [1.82, 2.24) is 0 Å². The topological polar surface area (TPSA) is 3.24 Å². The van der Waals surface area contributed by atoms with Crippen LogP contribution in [0.3, 0.4) is 0 Å². The molecular weight excluding hydrogens is 685 g/mol. The number of anilines is 2. The molecule has 0 saturated carbocycles. The van der Waals surface area contributed by atoms with Crippen LogP contribution in [0.2, 0.25) is 16.7 Å². The van der Waals surface area contributed by atoms with Crippen LogP contribution >= 0.6 is 0 Å². The molecule has 3 aliphatic carbocycles. The van der Waals surface area contributed by atoms with Crippen molar-refractivity contribution in [3.05, 3.63) is 141 Å². The summed E-state index contributed by atoms with van der Waals surface area (Å²) in [6.07, 6.45) is 7.35. The zero-order chi connectivity index (χ0) is 29.4. The van der Waals surface area contributed by atoms with Crippen molar-refractivity contribution < 1.29 is 49.5 Å². The number of allylic oxidation sites excluding steroid dienone is 7. The molecule has 0 radical (unpaired) electrons. The molecule has 1 aliphatic heterocycles. The van der Waals surface area contributed by atoms with Gasteiger partial charge < -0.3 is 24.8 Å². The molecule has 8 rings (SSSR count). The van der Waals surface area contributed by atoms with Crippen molar-refractivity contribution in [1.29, 1.82) is 0 Å². The summed E-state index contributed by atoms with van der Waals surface area (Å²) < 4.78 is 0.523. The number of nitrogens with zero attached hydrogens (tertiary/aromatic N) is 1. The van der Waals surface area contributed by atoms with E-state index in [1.54, 1.807) is 52.2 Å². The zero-order valence-electron chi connectivity index (χ0n) is 26.2. The maximum atomic E-state index is 2.61. The summed E-state index contributed by atoms with van der Waals surface area (Å²) in [5.74, 6) is 0.306. The quantitative estimate of drug-likeness (QED) is 0.290. The molecule has 1 heterocycles. The van der Waals surface area contributed by atoms with E-state index in [9.17, 15) is 0 Å². The Morgan fingerprint density at radius 1 is 0.800 bits per heavy atom. The van der Waals surface area contributed by atoms with Gasteiger partial charge >= 0.3 is 268 Å². The first kappa shape index (κ1) is 32.4. The molecular formula is C40H36Cl2NSiZr. The van der Waals surface area contributed by atoms with Crippen LogP contribution in [0.1, 0.15) is 48.4 Å². The predicted octanol–water partition coefficient (Wildman–Crippen LogP) is 4.00. The van der Waals surface area contributed by atoms with E-state index in [0.29, 0.717) is 9.54 Å². The second-order valence-corrected chi connectivity index (χ2v) is 16.8. The number of halogens is 2. The number of para-hydroxylation sites is 1. The minimum atomic E-state index is -0.667. The van der Waals surface area contributed by atoms with Crippen LogP contribution in [0.4, 0.5) is 11.4 Å². The van der Waals surface area contributed by atoms with E-state index in [-0.39, 0.29) is 24.8 Å². The number of fused-ring (bicyclic) bond motifs is 4. The van der Waals surface area contributed by atoms with Gasteiger partial charge in [0.05, 0.1) is 0 Å². The molecule has 0 N–H and O–H groups in total. The zero-order valence-corrected chi connectivity index (χ0v) is 31.2. The Labute approximate surface area is 296 Å². The molecule has 2 atom stereocenters. The Morgan fingerprint density at radius 3 is 2.33 bits per heavy atom. The molecule has 0 fully saturated rings. The van der Waals surface area contributed by atoms with E-state index in [2.05, 4.69) is 129 Å². The maximum Gasteiger partial charge on any atom is -1.00 e. The van der Waals surface area contributed by atoms with Crippen LogP contribution in [-0.2, 0) is 31.1 Å². The van der Waals surface area contributed by atoms with Gasteiger partial charge in [0.1, 0.15) is 0 Å². The molecule has 1 nitrogen and oxygen atoms in total. The number of rotatable bonds is 3. The molecule has 45 heavy (non-hydrogen) atoms. The average molecular weight is 721 g/mol. The summed E-state index contributed by atoms with van der Waals surface area (Å²) in [5, 5.41) is 4.41. The fourth-order valence-corrected chi connectivity index (χ4v) is 10.5. The van der Waals surface area contributed by atoms with Crippen molar-refractivity contribution in [2.24, 2.45) is 0 Å². The molecule has 0 spiro atoms. The van der Waals surface area contributed by atoms with Gasteiger partial charge in [-0.1, -0.05) is 6.07 Å². The third kappa shape index (κ3) is 5.01. The summed E-state index contributed by atoms with van der Waals surface area (Å²) in [7, 11) is -0.667. The van der Waals surface area contributed by atoms with Gasteiger partial charge in [0.2, 0.25) is 0 Å². The van der Waals surface area contributed by atoms with Gasteiger partial charge in [0.15, 0.2) is 0 Å². The second kappa shape index (κ2) is 12.6. The molecule has 4 aliphatic rings. The van der Waals surface area contributed by atoms with Gasteiger partial charge in [-0.25, -0.2) is 0 Å². The minimum Gasteiger partial charge on any atom is -1.00 e. The molecule has 0 bridgehead atoms. The molecule has 4 aromatic carbocycles. The van der Waals surface area contributed by atoms with Crippen LogP contribution < -0.4 is 29.7 Å². The van der Waals surface area contributed by atoms with E-state index in [1.807, 2.05) is 0 Å². The Bertz CT molecular complexity index is 2020. The summed E-state index contributed by atoms with van der Waals surface area (Å²) in [6.45, 7) is 10.9. The first-order chi connectivity index (χ1) is 20.9. The molecule has 4 aromatic rings. The van der Waals surface area contributed by atoms with Crippen LogP contribution in [0.25, 0.3) is 22.4 Å². The normalized spacial score (nSPS) is 20.0. The van der Waals surface area contributed by atoms with E-state index in [4.69, 9.17) is 0 Å². The fraction of sp³-hybridized carbons (Fsp3) is 0.225. The predicted molar refractivity (Wildman–Crippen MR) is 182 cm³/mol. The molecule has 223 valence electrons. The Kier molecular flexibility index (Phi) is 9.05. The van der Waals surface area contributed by atoms with Gasteiger partial charge in [-0.15, -0.1) is 0 Å². The van der Waals surface area contributed by atoms with Gasteiger partial charge in [-0.05, 0) is 0 Å². The molecule has 0 saturated heterocycles. The Hall–Kier alpha value is -2.55. The van der Waals surface area contributed by atoms with E-state index in [0.717, 1.165) is 19.4 Å². The van der Waals surface area contributed by atoms with Crippen LogP contribution in [0.15, 0.2) is 119 Å². The van der Waals surface area contributed by atoms with Crippen molar-refractivity contribution in [3.8, 4) is 0 Å². The number of benzene rings is 4. The summed E-state index contributed by atoms with van der Waals surface area (Å²) >= 11 is 1.59. The molecule has 0 aromatic heterocycles. The molecule has 2 unspecified atom stereocenters. The Morgan fingerprint density at radius 2 is 1.51 bits per heavy atom. The van der Waals surface area contributed by atoms with Crippen molar-refractivity contribution >= 4 is 47.4 Å². The van der Waals surface area contributed by atoms with Gasteiger partial charge in [0, 0.05) is 0 Å². The number of hydrogen-bond donors (Lipinski definition) is 0. The monoisotopic (exact) mass is 718 g/mol. The summed E-state index contributed by atoms with van der Waals surface area (Å²) in [4.78, 5) is 2.57. The van der Waals surface area contributed by atoms with Crippen molar-refractivity contribution in [3.63, 3.8) is 0 Å². The van der Waals surface area contributed by atoms with E-state index < -0.39 is 8.41 Å². The first-order valence-corrected chi connectivity index (χ1v) is 19.5.